The van der Waals surface area contributed by atoms with Crippen molar-refractivity contribution in [2.75, 3.05) is 19.6 Å². The number of nitrogens with one attached hydrogen (secondary N) is 2. The number of carbonyl (C=O) groups excluding carboxylic acids is 1. The predicted octanol–water partition coefficient (Wildman–Crippen LogP) is 1.04. The zero-order valence-corrected chi connectivity index (χ0v) is 11.4. The van der Waals surface area contributed by atoms with E-state index in [0.29, 0.717) is 12.5 Å². The van der Waals surface area contributed by atoms with Crippen molar-refractivity contribution < 1.29 is 9.90 Å². The van der Waals surface area contributed by atoms with Crippen molar-refractivity contribution in [3.05, 3.63) is 0 Å². The van der Waals surface area contributed by atoms with Gasteiger partial charge < -0.3 is 15.7 Å². The summed E-state index contributed by atoms with van der Waals surface area (Å²) in [5.41, 5.74) is -0.298. The lowest BCUT2D eigenvalue weighted by Crippen LogP contribution is -2.50. The largest absolute Gasteiger partial charge is 0.391 e. The minimum absolute atomic E-state index is 0.0896. The van der Waals surface area contributed by atoms with E-state index in [2.05, 4.69) is 10.6 Å². The molecule has 4 heteroatoms. The lowest BCUT2D eigenvalue weighted by molar-refractivity contribution is -0.131. The van der Waals surface area contributed by atoms with Crippen molar-refractivity contribution in [3.8, 4) is 0 Å². The third-order valence-electron chi connectivity index (χ3n) is 4.56. The molecule has 0 aromatic rings. The Labute approximate surface area is 110 Å². The van der Waals surface area contributed by atoms with Gasteiger partial charge in [-0.25, -0.2) is 0 Å². The zero-order chi connectivity index (χ0) is 13.0. The normalized spacial score (nSPS) is 31.2. The molecule has 0 spiro atoms. The van der Waals surface area contributed by atoms with Crippen LogP contribution in [0.1, 0.15) is 45.4 Å². The average molecular weight is 254 g/mol. The minimum Gasteiger partial charge on any atom is -0.391 e. The summed E-state index contributed by atoms with van der Waals surface area (Å²) in [4.78, 5) is 12.2. The Morgan fingerprint density at radius 1 is 1.44 bits per heavy atom. The lowest BCUT2D eigenvalue weighted by atomic mass is 9.82. The molecule has 1 amide bonds. The van der Waals surface area contributed by atoms with E-state index in [4.69, 9.17) is 0 Å². The van der Waals surface area contributed by atoms with Gasteiger partial charge in [0.15, 0.2) is 0 Å². The molecule has 0 radical (unpaired) electrons. The molecule has 2 atom stereocenters. The number of amides is 1. The van der Waals surface area contributed by atoms with Crippen LogP contribution in [0.15, 0.2) is 0 Å². The van der Waals surface area contributed by atoms with E-state index in [1.165, 1.54) is 12.8 Å². The molecule has 104 valence electrons. The second kappa shape index (κ2) is 6.02. The number of carbonyl (C=O) groups is 1. The van der Waals surface area contributed by atoms with Gasteiger partial charge in [0.25, 0.3) is 0 Å². The predicted molar refractivity (Wildman–Crippen MR) is 71.2 cm³/mol. The molecule has 2 fully saturated rings. The fourth-order valence-electron chi connectivity index (χ4n) is 3.17. The molecule has 1 saturated heterocycles. The van der Waals surface area contributed by atoms with Crippen LogP contribution >= 0.6 is 0 Å². The third-order valence-corrected chi connectivity index (χ3v) is 4.56. The molecular formula is C14H26N2O2. The summed E-state index contributed by atoms with van der Waals surface area (Å²) in [5, 5.41) is 16.3. The Balaban J connectivity index is 1.76. The quantitative estimate of drug-likeness (QED) is 0.702. The zero-order valence-electron chi connectivity index (χ0n) is 11.4. The highest BCUT2D eigenvalue weighted by atomic mass is 16.3. The van der Waals surface area contributed by atoms with Gasteiger partial charge in [0.05, 0.1) is 11.5 Å². The third kappa shape index (κ3) is 3.23. The number of aliphatic hydroxyl groups excluding tert-OH is 1. The average Bonchev–Trinajstić information content (AvgIpc) is 2.90. The Kier molecular flexibility index (Phi) is 4.62. The Hall–Kier alpha value is -0.610. The maximum Gasteiger partial charge on any atom is 0.227 e. The van der Waals surface area contributed by atoms with Gasteiger partial charge in [0.2, 0.25) is 5.91 Å². The van der Waals surface area contributed by atoms with E-state index < -0.39 is 0 Å². The van der Waals surface area contributed by atoms with Crippen LogP contribution in [0.25, 0.3) is 0 Å². The molecule has 0 aromatic carbocycles. The second-order valence-corrected chi connectivity index (χ2v) is 6.16. The van der Waals surface area contributed by atoms with E-state index in [1.54, 1.807) is 0 Å². The van der Waals surface area contributed by atoms with Gasteiger partial charge in [-0.3, -0.25) is 4.79 Å². The topological polar surface area (TPSA) is 61.4 Å². The highest BCUT2D eigenvalue weighted by molar-refractivity contribution is 5.82. The van der Waals surface area contributed by atoms with Crippen molar-refractivity contribution in [2.24, 2.45) is 11.3 Å². The highest BCUT2D eigenvalue weighted by Gasteiger charge is 2.35. The van der Waals surface area contributed by atoms with E-state index >= 15 is 0 Å². The number of piperidine rings is 1. The van der Waals surface area contributed by atoms with Gasteiger partial charge in [0, 0.05) is 13.1 Å². The first-order valence-electron chi connectivity index (χ1n) is 7.29. The number of rotatable bonds is 4. The highest BCUT2D eigenvalue weighted by Crippen LogP contribution is 2.28. The summed E-state index contributed by atoms with van der Waals surface area (Å²) in [7, 11) is 0. The van der Waals surface area contributed by atoms with Gasteiger partial charge in [-0.05, 0) is 45.1 Å². The fraction of sp³-hybridized carbons (Fsp3) is 0.929. The van der Waals surface area contributed by atoms with Gasteiger partial charge in [-0.2, -0.15) is 0 Å². The molecule has 0 bridgehead atoms. The van der Waals surface area contributed by atoms with Crippen LogP contribution in [-0.4, -0.2) is 36.8 Å². The molecule has 2 rings (SSSR count). The standard InChI is InChI=1S/C14H26N2O2/c1-14(7-4-8-15-10-14)13(18)16-9-12(17)11-5-2-3-6-11/h11-12,15,17H,2-10H2,1H3,(H,16,18). The van der Waals surface area contributed by atoms with Crippen LogP contribution in [0, 0.1) is 11.3 Å². The van der Waals surface area contributed by atoms with Crippen molar-refractivity contribution in [2.45, 2.75) is 51.6 Å². The van der Waals surface area contributed by atoms with Gasteiger partial charge >= 0.3 is 0 Å². The Morgan fingerprint density at radius 2 is 2.17 bits per heavy atom. The first-order valence-corrected chi connectivity index (χ1v) is 7.29. The lowest BCUT2D eigenvalue weighted by Gasteiger charge is -2.33. The molecule has 0 aromatic heterocycles. The van der Waals surface area contributed by atoms with Crippen molar-refractivity contribution in [1.29, 1.82) is 0 Å². The second-order valence-electron chi connectivity index (χ2n) is 6.16. The van der Waals surface area contributed by atoms with Crippen LogP contribution in [0.2, 0.25) is 0 Å². The molecule has 4 nitrogen and oxygen atoms in total. The molecule has 3 N–H and O–H groups in total. The molecule has 2 unspecified atom stereocenters. The van der Waals surface area contributed by atoms with Crippen molar-refractivity contribution >= 4 is 5.91 Å². The van der Waals surface area contributed by atoms with E-state index in [-0.39, 0.29) is 17.4 Å². The van der Waals surface area contributed by atoms with Crippen LogP contribution < -0.4 is 10.6 Å². The number of hydrogen-bond acceptors (Lipinski definition) is 3. The molecule has 1 saturated carbocycles. The van der Waals surface area contributed by atoms with Crippen molar-refractivity contribution in [3.63, 3.8) is 0 Å². The van der Waals surface area contributed by atoms with Crippen molar-refractivity contribution in [1.82, 2.24) is 10.6 Å². The SMILES string of the molecule is CC1(C(=O)NCC(O)C2CCCC2)CCCNC1. The number of aliphatic hydroxyl groups is 1. The molecule has 1 aliphatic heterocycles. The Bertz CT molecular complexity index is 282. The Morgan fingerprint density at radius 3 is 2.78 bits per heavy atom. The summed E-state index contributed by atoms with van der Waals surface area (Å²) in [6, 6.07) is 0. The van der Waals surface area contributed by atoms with Crippen LogP contribution in [0.4, 0.5) is 0 Å². The molecule has 18 heavy (non-hydrogen) atoms. The smallest absolute Gasteiger partial charge is 0.227 e. The van der Waals surface area contributed by atoms with Crippen LogP contribution in [-0.2, 0) is 4.79 Å². The maximum atomic E-state index is 12.2. The number of hydrogen-bond donors (Lipinski definition) is 3. The monoisotopic (exact) mass is 254 g/mol. The molecule has 2 aliphatic rings. The molecular weight excluding hydrogens is 228 g/mol. The van der Waals surface area contributed by atoms with Gasteiger partial charge in [0.1, 0.15) is 0 Å². The van der Waals surface area contributed by atoms with Crippen LogP contribution in [0.3, 0.4) is 0 Å². The summed E-state index contributed by atoms with van der Waals surface area (Å²) >= 11 is 0. The van der Waals surface area contributed by atoms with E-state index in [9.17, 15) is 9.90 Å². The van der Waals surface area contributed by atoms with E-state index in [1.807, 2.05) is 6.92 Å². The fourth-order valence-corrected chi connectivity index (χ4v) is 3.17. The summed E-state index contributed by atoms with van der Waals surface area (Å²) in [6.07, 6.45) is 6.28. The first-order chi connectivity index (χ1) is 8.62. The summed E-state index contributed by atoms with van der Waals surface area (Å²) in [5.74, 6) is 0.481. The van der Waals surface area contributed by atoms with Gasteiger partial charge in [-0.1, -0.05) is 12.8 Å². The summed E-state index contributed by atoms with van der Waals surface area (Å²) in [6.45, 7) is 4.18. The minimum atomic E-state index is -0.364. The van der Waals surface area contributed by atoms with E-state index in [0.717, 1.165) is 38.8 Å². The maximum absolute atomic E-state index is 12.2. The first kappa shape index (κ1) is 13.8. The molecule has 1 aliphatic carbocycles. The van der Waals surface area contributed by atoms with Crippen LogP contribution in [0.5, 0.6) is 0 Å². The van der Waals surface area contributed by atoms with Gasteiger partial charge in [-0.15, -0.1) is 0 Å². The molecule has 1 heterocycles. The summed E-state index contributed by atoms with van der Waals surface area (Å²) < 4.78 is 0.